The highest BCUT2D eigenvalue weighted by atomic mass is 35.5. The van der Waals surface area contributed by atoms with E-state index in [0.29, 0.717) is 5.02 Å². The van der Waals surface area contributed by atoms with Gasteiger partial charge in [-0.3, -0.25) is 4.98 Å². The molecular formula is C21H22ClN5S. The van der Waals surface area contributed by atoms with E-state index in [2.05, 4.69) is 37.7 Å². The number of hydrogen-bond acceptors (Lipinski definition) is 3. The predicted octanol–water partition coefficient (Wildman–Crippen LogP) is 4.69. The Morgan fingerprint density at radius 2 is 2.04 bits per heavy atom. The molecule has 0 spiro atoms. The molecule has 144 valence electrons. The normalized spacial score (nSPS) is 19.1. The van der Waals surface area contributed by atoms with E-state index in [1.54, 1.807) is 6.20 Å². The van der Waals surface area contributed by atoms with Gasteiger partial charge in [0.25, 0.3) is 0 Å². The van der Waals surface area contributed by atoms with Gasteiger partial charge in [0, 0.05) is 30.8 Å². The average Bonchev–Trinajstić information content (AvgIpc) is 3.32. The summed E-state index contributed by atoms with van der Waals surface area (Å²) in [7, 11) is 0. The minimum Gasteiger partial charge on any atom is -0.352 e. The molecule has 0 radical (unpaired) electrons. The molecule has 0 aromatic carbocycles. The van der Waals surface area contributed by atoms with Gasteiger partial charge in [-0.2, -0.15) is 0 Å². The lowest BCUT2D eigenvalue weighted by Crippen LogP contribution is -2.31. The zero-order valence-electron chi connectivity index (χ0n) is 15.6. The summed E-state index contributed by atoms with van der Waals surface area (Å²) in [4.78, 5) is 11.4. The summed E-state index contributed by atoms with van der Waals surface area (Å²) in [5.41, 5.74) is 2.10. The number of pyridine rings is 2. The molecule has 0 aliphatic carbocycles. The molecule has 0 bridgehead atoms. The van der Waals surface area contributed by atoms with Gasteiger partial charge < -0.3 is 14.8 Å². The molecule has 0 unspecified atom stereocenters. The number of aromatic nitrogens is 3. The number of unbranched alkanes of at least 4 members (excludes halogenated alkanes) is 1. The van der Waals surface area contributed by atoms with E-state index >= 15 is 0 Å². The van der Waals surface area contributed by atoms with E-state index in [1.165, 1.54) is 0 Å². The summed E-state index contributed by atoms with van der Waals surface area (Å²) in [6.07, 6.45) is 7.71. The van der Waals surface area contributed by atoms with Crippen molar-refractivity contribution in [3.63, 3.8) is 0 Å². The minimum absolute atomic E-state index is 0.0218. The Hall–Kier alpha value is -2.44. The second-order valence-electron chi connectivity index (χ2n) is 6.81. The average molecular weight is 412 g/mol. The van der Waals surface area contributed by atoms with Crippen molar-refractivity contribution < 1.29 is 0 Å². The van der Waals surface area contributed by atoms with E-state index in [0.717, 1.165) is 41.7 Å². The zero-order chi connectivity index (χ0) is 19.5. The monoisotopic (exact) mass is 411 g/mol. The number of nitrogens with zero attached hydrogens (tertiary/aromatic N) is 4. The van der Waals surface area contributed by atoms with Crippen LogP contribution in [0.2, 0.25) is 5.02 Å². The van der Waals surface area contributed by atoms with Gasteiger partial charge >= 0.3 is 0 Å². The smallest absolute Gasteiger partial charge is 0.170 e. The third kappa shape index (κ3) is 3.62. The second kappa shape index (κ2) is 8.29. The zero-order valence-corrected chi connectivity index (χ0v) is 17.2. The molecule has 1 aliphatic rings. The molecule has 1 N–H and O–H groups in total. The Kier molecular flexibility index (Phi) is 5.59. The summed E-state index contributed by atoms with van der Waals surface area (Å²) < 4.78 is 2.10. The van der Waals surface area contributed by atoms with Gasteiger partial charge in [-0.15, -0.1) is 0 Å². The van der Waals surface area contributed by atoms with Crippen molar-refractivity contribution in [2.75, 3.05) is 6.54 Å². The fourth-order valence-electron chi connectivity index (χ4n) is 3.65. The van der Waals surface area contributed by atoms with Crippen molar-refractivity contribution in [3.05, 3.63) is 77.5 Å². The van der Waals surface area contributed by atoms with Crippen molar-refractivity contribution >= 4 is 28.9 Å². The third-order valence-electron chi connectivity index (χ3n) is 4.99. The highest BCUT2D eigenvalue weighted by Gasteiger charge is 2.40. The third-order valence-corrected chi connectivity index (χ3v) is 5.57. The first kappa shape index (κ1) is 18.9. The number of hydrogen-bond donors (Lipinski definition) is 1. The lowest BCUT2D eigenvalue weighted by atomic mass is 10.0. The molecule has 1 fully saturated rings. The van der Waals surface area contributed by atoms with E-state index < -0.39 is 0 Å². The maximum Gasteiger partial charge on any atom is 0.170 e. The lowest BCUT2D eigenvalue weighted by molar-refractivity contribution is 0.304. The predicted molar refractivity (Wildman–Crippen MR) is 116 cm³/mol. The molecule has 4 rings (SSSR count). The SMILES string of the molecule is CCCCN1C(=S)N[C@@H](c2ccccn2)[C@@H]1c1cccn1-c1ccc(Cl)cn1. The summed E-state index contributed by atoms with van der Waals surface area (Å²) in [5, 5.41) is 4.89. The molecule has 0 amide bonds. The minimum atomic E-state index is -0.0218. The van der Waals surface area contributed by atoms with Gasteiger partial charge in [-0.05, 0) is 55.0 Å². The quantitative estimate of drug-likeness (QED) is 0.596. The molecule has 1 aliphatic heterocycles. The maximum absolute atomic E-state index is 6.03. The van der Waals surface area contributed by atoms with Crippen molar-refractivity contribution in [2.24, 2.45) is 0 Å². The van der Waals surface area contributed by atoms with E-state index in [-0.39, 0.29) is 12.1 Å². The first-order chi connectivity index (χ1) is 13.7. The molecular weight excluding hydrogens is 390 g/mol. The molecule has 5 nitrogen and oxygen atoms in total. The van der Waals surface area contributed by atoms with Crippen LogP contribution in [0.1, 0.15) is 43.2 Å². The summed E-state index contributed by atoms with van der Waals surface area (Å²) in [5.74, 6) is 0.831. The molecule has 3 aromatic rings. The molecule has 7 heteroatoms. The Bertz CT molecular complexity index is 941. The van der Waals surface area contributed by atoms with Gasteiger partial charge in [0.1, 0.15) is 5.82 Å². The Balaban J connectivity index is 1.78. The topological polar surface area (TPSA) is 46.0 Å². The van der Waals surface area contributed by atoms with Crippen LogP contribution in [0.15, 0.2) is 61.1 Å². The number of rotatable bonds is 6. The largest absolute Gasteiger partial charge is 0.352 e. The van der Waals surface area contributed by atoms with Crippen LogP contribution in [0.3, 0.4) is 0 Å². The van der Waals surface area contributed by atoms with Gasteiger partial charge in [0.2, 0.25) is 0 Å². The fraction of sp³-hybridized carbons (Fsp3) is 0.286. The van der Waals surface area contributed by atoms with Crippen molar-refractivity contribution in [1.82, 2.24) is 24.8 Å². The van der Waals surface area contributed by atoms with Gasteiger partial charge in [0.15, 0.2) is 5.11 Å². The highest BCUT2D eigenvalue weighted by Crippen LogP contribution is 2.39. The van der Waals surface area contributed by atoms with Gasteiger partial charge in [-0.1, -0.05) is 31.0 Å². The first-order valence-electron chi connectivity index (χ1n) is 9.46. The molecule has 4 heterocycles. The van der Waals surface area contributed by atoms with Crippen LogP contribution in [0.25, 0.3) is 5.82 Å². The molecule has 1 saturated heterocycles. The van der Waals surface area contributed by atoms with Crippen LogP contribution >= 0.6 is 23.8 Å². The maximum atomic E-state index is 6.03. The van der Waals surface area contributed by atoms with Crippen LogP contribution in [-0.2, 0) is 0 Å². The number of halogens is 1. The standard InChI is InChI=1S/C21H22ClN5S/c1-2-3-12-27-20(19(25-21(27)28)16-7-4-5-11-23-16)17-8-6-13-26(17)18-10-9-15(22)14-24-18/h4-11,13-14,19-20H,2-3,12H2,1H3,(H,25,28)/t19-,20-/m0/s1. The molecule has 2 atom stereocenters. The molecule has 3 aromatic heterocycles. The Labute approximate surface area is 175 Å². The van der Waals surface area contributed by atoms with Gasteiger partial charge in [0.05, 0.1) is 22.8 Å². The van der Waals surface area contributed by atoms with Crippen molar-refractivity contribution in [1.29, 1.82) is 0 Å². The molecule has 28 heavy (non-hydrogen) atoms. The van der Waals surface area contributed by atoms with E-state index in [1.807, 2.05) is 48.8 Å². The Morgan fingerprint density at radius 3 is 2.75 bits per heavy atom. The van der Waals surface area contributed by atoms with Crippen molar-refractivity contribution in [2.45, 2.75) is 31.8 Å². The summed E-state index contributed by atoms with van der Waals surface area (Å²) in [6.45, 7) is 3.09. The van der Waals surface area contributed by atoms with E-state index in [4.69, 9.17) is 23.8 Å². The van der Waals surface area contributed by atoms with Gasteiger partial charge in [-0.25, -0.2) is 4.98 Å². The first-order valence-corrected chi connectivity index (χ1v) is 10.2. The summed E-state index contributed by atoms with van der Waals surface area (Å²) >= 11 is 11.7. The van der Waals surface area contributed by atoms with E-state index in [9.17, 15) is 0 Å². The van der Waals surface area contributed by atoms with Crippen LogP contribution < -0.4 is 5.32 Å². The summed E-state index contributed by atoms with van der Waals surface area (Å²) in [6, 6.07) is 14.0. The molecule has 0 saturated carbocycles. The lowest BCUT2D eigenvalue weighted by Gasteiger charge is -2.28. The van der Waals surface area contributed by atoms with Crippen molar-refractivity contribution in [3.8, 4) is 5.82 Å². The number of nitrogens with one attached hydrogen (secondary N) is 1. The van der Waals surface area contributed by atoms with Crippen LogP contribution in [0.4, 0.5) is 0 Å². The van der Waals surface area contributed by atoms with Crippen LogP contribution in [0.5, 0.6) is 0 Å². The Morgan fingerprint density at radius 1 is 1.14 bits per heavy atom. The van der Waals surface area contributed by atoms with Crippen LogP contribution in [0, 0.1) is 0 Å². The second-order valence-corrected chi connectivity index (χ2v) is 7.63. The fourth-order valence-corrected chi connectivity index (χ4v) is 4.09. The number of thiocarbonyl (C=S) groups is 1. The highest BCUT2D eigenvalue weighted by molar-refractivity contribution is 7.80. The van der Waals surface area contributed by atoms with Crippen LogP contribution in [-0.4, -0.2) is 31.1 Å².